The van der Waals surface area contributed by atoms with Gasteiger partial charge in [0.15, 0.2) is 6.61 Å². The summed E-state index contributed by atoms with van der Waals surface area (Å²) in [5.74, 6) is -2.03. The van der Waals surface area contributed by atoms with Crippen LogP contribution in [0.15, 0.2) is 53.3 Å². The number of carbonyl (C=O) groups excluding carboxylic acids is 3. The van der Waals surface area contributed by atoms with Crippen LogP contribution in [-0.4, -0.2) is 40.9 Å². The van der Waals surface area contributed by atoms with Crippen LogP contribution in [0.25, 0.3) is 10.9 Å². The number of nitrogens with two attached hydrogens (primary N) is 1. The van der Waals surface area contributed by atoms with E-state index in [0.29, 0.717) is 22.4 Å². The molecule has 9 nitrogen and oxygen atoms in total. The van der Waals surface area contributed by atoms with E-state index in [1.165, 1.54) is 29.2 Å². The van der Waals surface area contributed by atoms with E-state index in [2.05, 4.69) is 9.97 Å². The highest BCUT2D eigenvalue weighted by molar-refractivity contribution is 5.95. The Kier molecular flexibility index (Phi) is 7.27. The summed E-state index contributed by atoms with van der Waals surface area (Å²) in [6, 6.07) is 11.9. The number of aromatic amines is 1. The van der Waals surface area contributed by atoms with E-state index in [0.717, 1.165) is 0 Å². The van der Waals surface area contributed by atoms with Crippen LogP contribution in [0.4, 0.5) is 10.1 Å². The summed E-state index contributed by atoms with van der Waals surface area (Å²) in [5.41, 5.74) is 5.70. The Balaban J connectivity index is 1.58. The minimum atomic E-state index is -0.664. The molecule has 0 saturated carbocycles. The van der Waals surface area contributed by atoms with Crippen molar-refractivity contribution < 1.29 is 23.5 Å². The molecule has 0 spiro atoms. The number of nitrogens with one attached hydrogen (secondary N) is 1. The number of fused-ring (bicyclic) bond motifs is 1. The van der Waals surface area contributed by atoms with Crippen molar-refractivity contribution in [1.29, 1.82) is 0 Å². The number of aromatic nitrogens is 2. The zero-order valence-electron chi connectivity index (χ0n) is 17.0. The number of anilines is 1. The predicted molar refractivity (Wildman–Crippen MR) is 114 cm³/mol. The van der Waals surface area contributed by atoms with E-state index < -0.39 is 30.2 Å². The molecule has 0 bridgehead atoms. The first-order chi connectivity index (χ1) is 15.3. The Morgan fingerprint density at radius 2 is 1.78 bits per heavy atom. The highest BCUT2D eigenvalue weighted by Gasteiger charge is 2.19. The Labute approximate surface area is 182 Å². The molecule has 0 saturated heterocycles. The summed E-state index contributed by atoms with van der Waals surface area (Å²) in [7, 11) is 0. The van der Waals surface area contributed by atoms with Gasteiger partial charge in [-0.2, -0.15) is 0 Å². The van der Waals surface area contributed by atoms with Gasteiger partial charge >= 0.3 is 5.97 Å². The molecule has 3 N–H and O–H groups in total. The highest BCUT2D eigenvalue weighted by atomic mass is 19.1. The molecule has 10 heteroatoms. The summed E-state index contributed by atoms with van der Waals surface area (Å²) < 4.78 is 18.2. The number of para-hydroxylation sites is 1. The molecule has 0 aliphatic rings. The number of halogens is 1. The number of benzene rings is 2. The van der Waals surface area contributed by atoms with E-state index in [4.69, 9.17) is 10.5 Å². The molecule has 0 atom stereocenters. The third-order valence-electron chi connectivity index (χ3n) is 4.61. The quantitative estimate of drug-likeness (QED) is 0.484. The van der Waals surface area contributed by atoms with Crippen molar-refractivity contribution >= 4 is 34.4 Å². The van der Waals surface area contributed by atoms with Crippen LogP contribution < -0.4 is 16.2 Å². The minimum Gasteiger partial charge on any atom is -0.456 e. The van der Waals surface area contributed by atoms with Crippen molar-refractivity contribution in [2.45, 2.75) is 19.3 Å². The van der Waals surface area contributed by atoms with Gasteiger partial charge in [-0.1, -0.05) is 12.1 Å². The van der Waals surface area contributed by atoms with Gasteiger partial charge in [-0.3, -0.25) is 19.2 Å². The molecule has 32 heavy (non-hydrogen) atoms. The molecular formula is C22H21FN4O5. The lowest BCUT2D eigenvalue weighted by atomic mass is 10.2. The molecule has 0 aliphatic carbocycles. The molecule has 2 aromatic carbocycles. The van der Waals surface area contributed by atoms with Crippen LogP contribution in [-0.2, 0) is 25.5 Å². The van der Waals surface area contributed by atoms with Gasteiger partial charge in [0.2, 0.25) is 5.91 Å². The number of carbonyl (C=O) groups is 3. The molecule has 166 valence electrons. The number of ether oxygens (including phenoxy) is 1. The van der Waals surface area contributed by atoms with E-state index >= 15 is 0 Å². The van der Waals surface area contributed by atoms with Gasteiger partial charge in [-0.05, 0) is 36.4 Å². The average molecular weight is 440 g/mol. The van der Waals surface area contributed by atoms with Crippen LogP contribution >= 0.6 is 0 Å². The molecule has 1 heterocycles. The third kappa shape index (κ3) is 5.97. The topological polar surface area (TPSA) is 135 Å². The standard InChI is InChI=1S/C22H21FN4O5/c23-14-5-7-15(8-6-14)27(12-11-18(24)28)20(29)13-32-21(30)10-9-19-25-17-4-2-1-3-16(17)22(31)26-19/h1-8H,9-13H2,(H2,24,28)(H,25,26,31). The highest BCUT2D eigenvalue weighted by Crippen LogP contribution is 2.16. The lowest BCUT2D eigenvalue weighted by Gasteiger charge is -2.22. The number of hydrogen-bond donors (Lipinski definition) is 2. The molecule has 3 aromatic rings. The number of primary amides is 1. The van der Waals surface area contributed by atoms with E-state index in [1.54, 1.807) is 24.3 Å². The lowest BCUT2D eigenvalue weighted by molar-refractivity contribution is -0.147. The van der Waals surface area contributed by atoms with Gasteiger partial charge < -0.3 is 20.4 Å². The second-order valence-electron chi connectivity index (χ2n) is 6.93. The van der Waals surface area contributed by atoms with Crippen molar-refractivity contribution in [2.75, 3.05) is 18.1 Å². The van der Waals surface area contributed by atoms with E-state index in [1.807, 2.05) is 0 Å². The van der Waals surface area contributed by atoms with Crippen LogP contribution in [0.1, 0.15) is 18.7 Å². The third-order valence-corrected chi connectivity index (χ3v) is 4.61. The average Bonchev–Trinajstić information content (AvgIpc) is 2.77. The lowest BCUT2D eigenvalue weighted by Crippen LogP contribution is -2.37. The minimum absolute atomic E-state index is 0.0421. The Morgan fingerprint density at radius 1 is 1.06 bits per heavy atom. The van der Waals surface area contributed by atoms with Crippen LogP contribution in [0, 0.1) is 5.82 Å². The van der Waals surface area contributed by atoms with Gasteiger partial charge in [0.05, 0.1) is 17.3 Å². The summed E-state index contributed by atoms with van der Waals surface area (Å²) in [4.78, 5) is 56.0. The van der Waals surface area contributed by atoms with Crippen LogP contribution in [0.5, 0.6) is 0 Å². The molecule has 1 aromatic heterocycles. The number of aryl methyl sites for hydroxylation is 1. The first kappa shape index (κ1) is 22.6. The maximum atomic E-state index is 13.2. The number of nitrogens with zero attached hydrogens (tertiary/aromatic N) is 2. The largest absolute Gasteiger partial charge is 0.456 e. The van der Waals surface area contributed by atoms with E-state index in [9.17, 15) is 23.6 Å². The van der Waals surface area contributed by atoms with Crippen molar-refractivity contribution in [1.82, 2.24) is 9.97 Å². The predicted octanol–water partition coefficient (Wildman–Crippen LogP) is 1.45. The Hall–Kier alpha value is -4.08. The second-order valence-corrected chi connectivity index (χ2v) is 6.93. The fourth-order valence-corrected chi connectivity index (χ4v) is 3.01. The summed E-state index contributed by atoms with van der Waals surface area (Å²) >= 11 is 0. The maximum Gasteiger partial charge on any atom is 0.306 e. The van der Waals surface area contributed by atoms with Crippen molar-refractivity contribution in [3.05, 3.63) is 70.5 Å². The SMILES string of the molecule is NC(=O)CCN(C(=O)COC(=O)CCc1nc2ccccc2c(=O)[nH]1)c1ccc(F)cc1. The smallest absolute Gasteiger partial charge is 0.306 e. The monoisotopic (exact) mass is 440 g/mol. The zero-order valence-corrected chi connectivity index (χ0v) is 17.0. The fraction of sp³-hybridized carbons (Fsp3) is 0.227. The van der Waals surface area contributed by atoms with Gasteiger partial charge in [-0.15, -0.1) is 0 Å². The molecule has 3 rings (SSSR count). The zero-order chi connectivity index (χ0) is 23.1. The molecular weight excluding hydrogens is 419 g/mol. The number of H-pyrrole nitrogens is 1. The number of hydrogen-bond acceptors (Lipinski definition) is 6. The first-order valence-electron chi connectivity index (χ1n) is 9.81. The first-order valence-corrected chi connectivity index (χ1v) is 9.81. The van der Waals surface area contributed by atoms with Crippen molar-refractivity contribution in [2.24, 2.45) is 5.73 Å². The number of esters is 1. The molecule has 0 unspecified atom stereocenters. The molecule has 0 aliphatic heterocycles. The molecule has 0 fully saturated rings. The van der Waals surface area contributed by atoms with Gasteiger partial charge in [0.25, 0.3) is 11.5 Å². The summed E-state index contributed by atoms with van der Waals surface area (Å²) in [6.45, 7) is -0.615. The van der Waals surface area contributed by atoms with Gasteiger partial charge in [0.1, 0.15) is 11.6 Å². The Morgan fingerprint density at radius 3 is 2.50 bits per heavy atom. The fourth-order valence-electron chi connectivity index (χ4n) is 3.01. The summed E-state index contributed by atoms with van der Waals surface area (Å²) in [6.07, 6.45) is -0.0963. The Bertz CT molecular complexity index is 1190. The number of amides is 2. The summed E-state index contributed by atoms with van der Waals surface area (Å²) in [5, 5.41) is 0.446. The molecule has 2 amide bonds. The van der Waals surface area contributed by atoms with E-state index in [-0.39, 0.29) is 31.4 Å². The number of rotatable bonds is 9. The van der Waals surface area contributed by atoms with Crippen molar-refractivity contribution in [3.8, 4) is 0 Å². The van der Waals surface area contributed by atoms with Crippen molar-refractivity contribution in [3.63, 3.8) is 0 Å². The normalized spacial score (nSPS) is 10.7. The maximum absolute atomic E-state index is 13.2. The van der Waals surface area contributed by atoms with Gasteiger partial charge in [0, 0.05) is 25.1 Å². The van der Waals surface area contributed by atoms with Gasteiger partial charge in [-0.25, -0.2) is 9.37 Å². The van der Waals surface area contributed by atoms with Crippen LogP contribution in [0.2, 0.25) is 0 Å². The van der Waals surface area contributed by atoms with Crippen LogP contribution in [0.3, 0.4) is 0 Å². The second kappa shape index (κ2) is 10.3. The molecule has 0 radical (unpaired) electrons.